The molecule has 3 nitrogen and oxygen atoms in total. The monoisotopic (exact) mass is 223 g/mol. The van der Waals surface area contributed by atoms with Gasteiger partial charge in [-0.05, 0) is 50.9 Å². The van der Waals surface area contributed by atoms with Crippen molar-refractivity contribution in [1.29, 1.82) is 0 Å². The number of cyclic esters (lactones) is 1. The van der Waals surface area contributed by atoms with Gasteiger partial charge in [0.25, 0.3) is 0 Å². The Morgan fingerprint density at radius 2 is 2.00 bits per heavy atom. The Morgan fingerprint density at radius 3 is 2.81 bits per heavy atom. The van der Waals surface area contributed by atoms with Crippen molar-refractivity contribution in [1.82, 2.24) is 0 Å². The van der Waals surface area contributed by atoms with Crippen molar-refractivity contribution in [3.63, 3.8) is 0 Å². The summed E-state index contributed by atoms with van der Waals surface area (Å²) >= 11 is 0. The first kappa shape index (κ1) is 10.6. The summed E-state index contributed by atoms with van der Waals surface area (Å²) in [5.41, 5.74) is 6.02. The predicted octanol–water partition coefficient (Wildman–Crippen LogP) is 1.70. The van der Waals surface area contributed by atoms with E-state index in [1.54, 1.807) is 0 Å². The van der Waals surface area contributed by atoms with Crippen LogP contribution in [0.2, 0.25) is 0 Å². The van der Waals surface area contributed by atoms with Gasteiger partial charge in [-0.2, -0.15) is 0 Å². The van der Waals surface area contributed by atoms with Crippen LogP contribution in [0.4, 0.5) is 0 Å². The van der Waals surface area contributed by atoms with Gasteiger partial charge in [-0.25, -0.2) is 0 Å². The van der Waals surface area contributed by atoms with E-state index in [1.807, 2.05) is 0 Å². The molecule has 1 heterocycles. The van der Waals surface area contributed by atoms with Crippen molar-refractivity contribution in [2.24, 2.45) is 29.4 Å². The number of ether oxygens (including phenoxy) is 1. The summed E-state index contributed by atoms with van der Waals surface area (Å²) in [6, 6.07) is 0.368. The van der Waals surface area contributed by atoms with Crippen molar-refractivity contribution in [2.75, 3.05) is 0 Å². The summed E-state index contributed by atoms with van der Waals surface area (Å²) in [6.07, 6.45) is 5.92. The van der Waals surface area contributed by atoms with Crippen LogP contribution in [0, 0.1) is 23.7 Å². The predicted molar refractivity (Wildman–Crippen MR) is 60.6 cm³/mol. The minimum Gasteiger partial charge on any atom is -0.462 e. The second kappa shape index (κ2) is 3.73. The maximum absolute atomic E-state index is 11.7. The summed E-state index contributed by atoms with van der Waals surface area (Å²) < 4.78 is 5.37. The lowest BCUT2D eigenvalue weighted by Gasteiger charge is -2.42. The highest BCUT2D eigenvalue weighted by atomic mass is 16.6. The number of fused-ring (bicyclic) bond motifs is 2. The molecule has 0 radical (unpaired) electrons. The third-order valence-electron chi connectivity index (χ3n) is 5.04. The van der Waals surface area contributed by atoms with Gasteiger partial charge in [-0.15, -0.1) is 0 Å². The Morgan fingerprint density at radius 1 is 1.19 bits per heavy atom. The highest BCUT2D eigenvalue weighted by molar-refractivity contribution is 5.75. The Hall–Kier alpha value is -0.570. The van der Waals surface area contributed by atoms with Gasteiger partial charge in [-0.3, -0.25) is 4.79 Å². The van der Waals surface area contributed by atoms with Gasteiger partial charge in [0, 0.05) is 12.0 Å². The molecule has 3 rings (SSSR count). The van der Waals surface area contributed by atoms with Gasteiger partial charge in [0.15, 0.2) is 0 Å². The quantitative estimate of drug-likeness (QED) is 0.636. The molecule has 0 bridgehead atoms. The number of nitrogens with two attached hydrogens (primary N) is 1. The summed E-state index contributed by atoms with van der Waals surface area (Å²) in [5.74, 6) is 2.21. The van der Waals surface area contributed by atoms with Gasteiger partial charge >= 0.3 is 5.97 Å². The zero-order valence-corrected chi connectivity index (χ0v) is 9.89. The molecule has 1 saturated heterocycles. The first-order chi connectivity index (χ1) is 7.65. The summed E-state index contributed by atoms with van der Waals surface area (Å²) in [6.45, 7) is 2.05. The SMILES string of the molecule is CC1OC(=O)C2CC3CC(N)CCC3CC12. The lowest BCUT2D eigenvalue weighted by atomic mass is 9.62. The number of hydrogen-bond acceptors (Lipinski definition) is 3. The molecule has 1 aliphatic heterocycles. The van der Waals surface area contributed by atoms with Crippen molar-refractivity contribution >= 4 is 5.97 Å². The van der Waals surface area contributed by atoms with Crippen LogP contribution >= 0.6 is 0 Å². The second-order valence-corrected chi connectivity index (χ2v) is 5.98. The molecule has 0 aromatic rings. The standard InChI is InChI=1S/C13H21NO2/c1-7-11-5-8-2-3-10(14)4-9(8)6-12(11)13(15)16-7/h7-12H,2-6,14H2,1H3. The van der Waals surface area contributed by atoms with Crippen LogP contribution in [0.5, 0.6) is 0 Å². The van der Waals surface area contributed by atoms with E-state index in [-0.39, 0.29) is 18.0 Å². The number of hydrogen-bond donors (Lipinski definition) is 1. The largest absolute Gasteiger partial charge is 0.462 e. The molecule has 2 aliphatic carbocycles. The third-order valence-corrected chi connectivity index (χ3v) is 5.04. The number of carbonyl (C=O) groups excluding carboxylic acids is 1. The van der Waals surface area contributed by atoms with E-state index in [2.05, 4.69) is 6.92 Å². The Bertz CT molecular complexity index is 304. The molecule has 3 heteroatoms. The molecule has 2 N–H and O–H groups in total. The molecule has 90 valence electrons. The topological polar surface area (TPSA) is 52.3 Å². The van der Waals surface area contributed by atoms with E-state index in [9.17, 15) is 4.79 Å². The minimum atomic E-state index is 0.0510. The fourth-order valence-electron chi connectivity index (χ4n) is 4.12. The van der Waals surface area contributed by atoms with Crippen molar-refractivity contribution in [3.05, 3.63) is 0 Å². The average molecular weight is 223 g/mol. The number of carbonyl (C=O) groups is 1. The van der Waals surface area contributed by atoms with Crippen molar-refractivity contribution in [3.8, 4) is 0 Å². The van der Waals surface area contributed by atoms with Gasteiger partial charge in [0.1, 0.15) is 6.10 Å². The lowest BCUT2D eigenvalue weighted by Crippen LogP contribution is -2.41. The maximum atomic E-state index is 11.7. The lowest BCUT2D eigenvalue weighted by molar-refractivity contribution is -0.144. The molecular weight excluding hydrogens is 202 g/mol. The van der Waals surface area contributed by atoms with Crippen molar-refractivity contribution in [2.45, 2.75) is 51.2 Å². The van der Waals surface area contributed by atoms with Gasteiger partial charge in [-0.1, -0.05) is 0 Å². The fourth-order valence-corrected chi connectivity index (χ4v) is 4.12. The van der Waals surface area contributed by atoms with Crippen LogP contribution in [0.25, 0.3) is 0 Å². The van der Waals surface area contributed by atoms with Crippen LogP contribution in [0.1, 0.15) is 39.0 Å². The maximum Gasteiger partial charge on any atom is 0.309 e. The molecule has 6 unspecified atom stereocenters. The molecule has 0 aromatic carbocycles. The molecule has 0 amide bonds. The molecule has 6 atom stereocenters. The van der Waals surface area contributed by atoms with E-state index in [0.29, 0.717) is 17.9 Å². The highest BCUT2D eigenvalue weighted by Gasteiger charge is 2.49. The molecular formula is C13H21NO2. The second-order valence-electron chi connectivity index (χ2n) is 5.98. The Kier molecular flexibility index (Phi) is 2.46. The Balaban J connectivity index is 1.76. The first-order valence-electron chi connectivity index (χ1n) is 6.61. The molecule has 3 aliphatic rings. The molecule has 2 saturated carbocycles. The molecule has 3 fully saturated rings. The zero-order valence-electron chi connectivity index (χ0n) is 9.89. The summed E-state index contributed by atoms with van der Waals surface area (Å²) in [7, 11) is 0. The number of esters is 1. The summed E-state index contributed by atoms with van der Waals surface area (Å²) in [5, 5.41) is 0. The van der Waals surface area contributed by atoms with Crippen LogP contribution in [-0.2, 0) is 9.53 Å². The minimum absolute atomic E-state index is 0.0510. The van der Waals surface area contributed by atoms with Gasteiger partial charge in [0.05, 0.1) is 5.92 Å². The van der Waals surface area contributed by atoms with Crippen molar-refractivity contribution < 1.29 is 9.53 Å². The molecule has 0 aromatic heterocycles. The van der Waals surface area contributed by atoms with Gasteiger partial charge < -0.3 is 10.5 Å². The third kappa shape index (κ3) is 1.56. The molecule has 16 heavy (non-hydrogen) atoms. The van der Waals surface area contributed by atoms with E-state index in [0.717, 1.165) is 18.8 Å². The van der Waals surface area contributed by atoms with Gasteiger partial charge in [0.2, 0.25) is 0 Å². The first-order valence-corrected chi connectivity index (χ1v) is 6.61. The zero-order chi connectivity index (χ0) is 11.3. The van der Waals surface area contributed by atoms with E-state index >= 15 is 0 Å². The van der Waals surface area contributed by atoms with E-state index in [4.69, 9.17) is 10.5 Å². The van der Waals surface area contributed by atoms with Crippen LogP contribution in [-0.4, -0.2) is 18.1 Å². The van der Waals surface area contributed by atoms with Crippen LogP contribution < -0.4 is 5.73 Å². The van der Waals surface area contributed by atoms with E-state index < -0.39 is 0 Å². The Labute approximate surface area is 96.7 Å². The van der Waals surface area contributed by atoms with E-state index in [1.165, 1.54) is 19.3 Å². The average Bonchev–Trinajstić information content (AvgIpc) is 2.52. The molecule has 0 spiro atoms. The fraction of sp³-hybridized carbons (Fsp3) is 0.923. The van der Waals surface area contributed by atoms with Crippen LogP contribution in [0.15, 0.2) is 0 Å². The normalized spacial score (nSPS) is 51.8. The summed E-state index contributed by atoms with van der Waals surface area (Å²) in [4.78, 5) is 11.7. The highest BCUT2D eigenvalue weighted by Crippen LogP contribution is 2.49. The smallest absolute Gasteiger partial charge is 0.309 e. The van der Waals surface area contributed by atoms with Crippen LogP contribution in [0.3, 0.4) is 0 Å². The number of rotatable bonds is 0.